The standard InChI is InChI=1S/C46H56O15/c1-4-40(47)56-27-9-7-6-8-26-55-35-20-22-36(23-21-35)59-43(50)32-16-18-34(19-17-32)45(52)61-39-25-24-37(30-38(39)46(53)54-3)60-44(51)33-14-12-31(13-15-33)42(49)58-29-11-10-28-57-41(48)5-2/h4-5,20-25,30-34H,1-2,6-19,26-29H2,3H3. The predicted octanol–water partition coefficient (Wildman–Crippen LogP) is 7.22. The van der Waals surface area contributed by atoms with E-state index in [9.17, 15) is 33.6 Å². The summed E-state index contributed by atoms with van der Waals surface area (Å²) < 4.78 is 42.8. The highest BCUT2D eigenvalue weighted by Crippen LogP contribution is 2.35. The lowest BCUT2D eigenvalue weighted by Crippen LogP contribution is -2.30. The van der Waals surface area contributed by atoms with Crippen LogP contribution in [0.15, 0.2) is 67.8 Å². The van der Waals surface area contributed by atoms with E-state index in [1.807, 2.05) is 0 Å². The van der Waals surface area contributed by atoms with Crippen LogP contribution in [0.2, 0.25) is 0 Å². The van der Waals surface area contributed by atoms with E-state index in [1.165, 1.54) is 25.3 Å². The van der Waals surface area contributed by atoms with Crippen molar-refractivity contribution >= 4 is 41.8 Å². The number of rotatable bonds is 23. The fourth-order valence-electron chi connectivity index (χ4n) is 6.96. The summed E-state index contributed by atoms with van der Waals surface area (Å²) in [6.45, 7) is 8.01. The molecule has 2 aliphatic carbocycles. The Labute approximate surface area is 356 Å². The van der Waals surface area contributed by atoms with E-state index in [4.69, 9.17) is 37.9 Å². The third-order valence-corrected chi connectivity index (χ3v) is 10.5. The summed E-state index contributed by atoms with van der Waals surface area (Å²) in [6.07, 6.45) is 10.1. The van der Waals surface area contributed by atoms with Crippen LogP contribution in [0.3, 0.4) is 0 Å². The fourth-order valence-corrected chi connectivity index (χ4v) is 6.96. The van der Waals surface area contributed by atoms with Crippen molar-refractivity contribution in [3.05, 3.63) is 73.3 Å². The zero-order chi connectivity index (χ0) is 44.0. The average Bonchev–Trinajstić information content (AvgIpc) is 3.28. The maximum atomic E-state index is 13.2. The molecule has 2 fully saturated rings. The van der Waals surface area contributed by atoms with Crippen LogP contribution in [-0.2, 0) is 47.7 Å². The van der Waals surface area contributed by atoms with Crippen LogP contribution in [0, 0.1) is 23.7 Å². The van der Waals surface area contributed by atoms with Gasteiger partial charge in [-0.2, -0.15) is 0 Å². The van der Waals surface area contributed by atoms with Crippen LogP contribution >= 0.6 is 0 Å². The van der Waals surface area contributed by atoms with E-state index in [2.05, 4.69) is 13.2 Å². The van der Waals surface area contributed by atoms with E-state index in [0.717, 1.165) is 37.8 Å². The lowest BCUT2D eigenvalue weighted by Gasteiger charge is -2.26. The Balaban J connectivity index is 1.16. The third-order valence-electron chi connectivity index (χ3n) is 10.5. The Morgan fingerprint density at radius 3 is 1.43 bits per heavy atom. The van der Waals surface area contributed by atoms with Gasteiger partial charge >= 0.3 is 41.8 Å². The van der Waals surface area contributed by atoms with Gasteiger partial charge < -0.3 is 37.9 Å². The first-order valence-corrected chi connectivity index (χ1v) is 20.9. The highest BCUT2D eigenvalue weighted by atomic mass is 16.6. The second-order valence-electron chi connectivity index (χ2n) is 14.9. The first-order valence-electron chi connectivity index (χ1n) is 20.9. The lowest BCUT2D eigenvalue weighted by atomic mass is 9.82. The maximum absolute atomic E-state index is 13.2. The Kier molecular flexibility index (Phi) is 20.0. The second-order valence-corrected chi connectivity index (χ2v) is 14.9. The van der Waals surface area contributed by atoms with Gasteiger partial charge in [0.25, 0.3) is 0 Å². The first-order chi connectivity index (χ1) is 29.5. The van der Waals surface area contributed by atoms with Crippen LogP contribution in [0.1, 0.15) is 100 Å². The number of ether oxygens (including phenoxy) is 8. The summed E-state index contributed by atoms with van der Waals surface area (Å²) in [7, 11) is 1.18. The van der Waals surface area contributed by atoms with E-state index in [1.54, 1.807) is 24.3 Å². The molecule has 0 bridgehead atoms. The van der Waals surface area contributed by atoms with Gasteiger partial charge in [0.15, 0.2) is 0 Å². The van der Waals surface area contributed by atoms with Crippen LogP contribution in [0.4, 0.5) is 0 Å². The Bertz CT molecular complexity index is 1820. The van der Waals surface area contributed by atoms with Crippen molar-refractivity contribution in [2.24, 2.45) is 23.7 Å². The molecular formula is C46H56O15. The molecule has 0 atom stereocenters. The molecule has 2 aliphatic rings. The molecule has 2 aromatic rings. The molecule has 2 saturated carbocycles. The van der Waals surface area contributed by atoms with E-state index >= 15 is 0 Å². The zero-order valence-corrected chi connectivity index (χ0v) is 34.8. The monoisotopic (exact) mass is 848 g/mol. The molecule has 4 rings (SSSR count). The Morgan fingerprint density at radius 1 is 0.508 bits per heavy atom. The quantitative estimate of drug-likeness (QED) is 0.0357. The average molecular weight is 849 g/mol. The number of benzene rings is 2. The van der Waals surface area contributed by atoms with Crippen LogP contribution in [-0.4, -0.2) is 75.3 Å². The van der Waals surface area contributed by atoms with Crippen LogP contribution < -0.4 is 18.9 Å². The van der Waals surface area contributed by atoms with Gasteiger partial charge in [-0.3, -0.25) is 19.2 Å². The van der Waals surface area contributed by atoms with E-state index < -0.39 is 47.6 Å². The SMILES string of the molecule is C=CC(=O)OCCCCCCOc1ccc(OC(=O)C2CCC(C(=O)Oc3ccc(OC(=O)C4CCC(C(=O)OCCCCOC(=O)C=C)CC4)cc3C(=O)OC)CC2)cc1. The minimum absolute atomic E-state index is 0.0499. The number of carbonyl (C=O) groups excluding carboxylic acids is 7. The molecule has 0 amide bonds. The van der Waals surface area contributed by atoms with Crippen molar-refractivity contribution < 1.29 is 71.5 Å². The van der Waals surface area contributed by atoms with Crippen molar-refractivity contribution in [3.63, 3.8) is 0 Å². The Hall–Kier alpha value is -5.99. The van der Waals surface area contributed by atoms with Gasteiger partial charge in [0.1, 0.15) is 28.6 Å². The second kappa shape index (κ2) is 25.6. The van der Waals surface area contributed by atoms with Crippen molar-refractivity contribution in [2.75, 3.05) is 33.5 Å². The zero-order valence-electron chi connectivity index (χ0n) is 34.8. The van der Waals surface area contributed by atoms with Crippen LogP contribution in [0.25, 0.3) is 0 Å². The smallest absolute Gasteiger partial charge is 0.341 e. The topological polar surface area (TPSA) is 193 Å². The molecule has 0 heterocycles. The largest absolute Gasteiger partial charge is 0.494 e. The summed E-state index contributed by atoms with van der Waals surface area (Å²) in [4.78, 5) is 86.6. The fraction of sp³-hybridized carbons (Fsp3) is 0.500. The van der Waals surface area contributed by atoms with Crippen LogP contribution in [0.5, 0.6) is 23.0 Å². The number of carbonyl (C=O) groups is 7. The molecule has 0 radical (unpaired) electrons. The minimum Gasteiger partial charge on any atom is -0.494 e. The summed E-state index contributed by atoms with van der Waals surface area (Å²) in [5, 5.41) is 0. The van der Waals surface area contributed by atoms with Crippen molar-refractivity contribution in [2.45, 2.75) is 89.9 Å². The van der Waals surface area contributed by atoms with Gasteiger partial charge in [0.2, 0.25) is 0 Å². The molecule has 15 heteroatoms. The molecule has 0 unspecified atom stereocenters. The highest BCUT2D eigenvalue weighted by molar-refractivity contribution is 5.94. The summed E-state index contributed by atoms with van der Waals surface area (Å²) in [6, 6.07) is 10.9. The third kappa shape index (κ3) is 16.2. The minimum atomic E-state index is -0.791. The molecule has 0 N–H and O–H groups in total. The van der Waals surface area contributed by atoms with Gasteiger partial charge in [-0.25, -0.2) is 14.4 Å². The molecule has 15 nitrogen and oxygen atoms in total. The van der Waals surface area contributed by atoms with Gasteiger partial charge in [0, 0.05) is 12.2 Å². The maximum Gasteiger partial charge on any atom is 0.341 e. The van der Waals surface area contributed by atoms with Crippen molar-refractivity contribution in [1.29, 1.82) is 0 Å². The number of methoxy groups -OCH3 is 1. The number of esters is 7. The van der Waals surface area contributed by atoms with E-state index in [-0.39, 0.29) is 48.1 Å². The summed E-state index contributed by atoms with van der Waals surface area (Å²) in [5.41, 5.74) is -0.0964. The molecule has 0 saturated heterocycles. The van der Waals surface area contributed by atoms with Gasteiger partial charge in [-0.1, -0.05) is 13.2 Å². The number of hydrogen-bond donors (Lipinski definition) is 0. The normalized spacial score (nSPS) is 18.3. The predicted molar refractivity (Wildman–Crippen MR) is 218 cm³/mol. The molecule has 330 valence electrons. The van der Waals surface area contributed by atoms with Gasteiger partial charge in [0.05, 0.1) is 57.2 Å². The Morgan fingerprint density at radius 2 is 0.918 bits per heavy atom. The number of unbranched alkanes of at least 4 members (excludes halogenated alkanes) is 4. The molecule has 0 aromatic heterocycles. The molecule has 61 heavy (non-hydrogen) atoms. The number of hydrogen-bond acceptors (Lipinski definition) is 15. The lowest BCUT2D eigenvalue weighted by molar-refractivity contribution is -0.152. The van der Waals surface area contributed by atoms with E-state index in [0.29, 0.717) is 88.9 Å². The van der Waals surface area contributed by atoms with Gasteiger partial charge in [-0.15, -0.1) is 0 Å². The van der Waals surface area contributed by atoms with Crippen molar-refractivity contribution in [3.8, 4) is 23.0 Å². The molecular weight excluding hydrogens is 792 g/mol. The molecule has 2 aromatic carbocycles. The molecule has 0 aliphatic heterocycles. The molecule has 0 spiro atoms. The van der Waals surface area contributed by atoms with Crippen molar-refractivity contribution in [1.82, 2.24) is 0 Å². The highest BCUT2D eigenvalue weighted by Gasteiger charge is 2.34. The van der Waals surface area contributed by atoms with Gasteiger partial charge in [-0.05, 0) is 132 Å². The summed E-state index contributed by atoms with van der Waals surface area (Å²) in [5.74, 6) is -4.15. The first kappa shape index (κ1) is 47.7. The summed E-state index contributed by atoms with van der Waals surface area (Å²) >= 11 is 0.